The summed E-state index contributed by atoms with van der Waals surface area (Å²) in [6, 6.07) is 14.4. The number of para-hydroxylation sites is 1. The highest BCUT2D eigenvalue weighted by Gasteiger charge is 2.29. The lowest BCUT2D eigenvalue weighted by atomic mass is 9.98. The van der Waals surface area contributed by atoms with E-state index in [1.807, 2.05) is 0 Å². The summed E-state index contributed by atoms with van der Waals surface area (Å²) < 4.78 is 0. The zero-order valence-electron chi connectivity index (χ0n) is 10.4. The third-order valence-electron chi connectivity index (χ3n) is 2.87. The van der Waals surface area contributed by atoms with Gasteiger partial charge >= 0.3 is 6.04 Å². The molecule has 6 heteroatoms. The van der Waals surface area contributed by atoms with Gasteiger partial charge in [-0.3, -0.25) is 20.2 Å². The van der Waals surface area contributed by atoms with Crippen LogP contribution in [0.5, 0.6) is 0 Å². The second-order valence-corrected chi connectivity index (χ2v) is 4.13. The number of rotatable bonds is 5. The second-order valence-electron chi connectivity index (χ2n) is 4.13. The Morgan fingerprint density at radius 1 is 0.900 bits per heavy atom. The predicted molar refractivity (Wildman–Crippen MR) is 72.6 cm³/mol. The average Bonchev–Trinajstić information content (AvgIpc) is 2.45. The molecule has 6 nitrogen and oxygen atoms in total. The van der Waals surface area contributed by atoms with Gasteiger partial charge in [0.1, 0.15) is 0 Å². The Kier molecular flexibility index (Phi) is 4.05. The van der Waals surface area contributed by atoms with E-state index in [9.17, 15) is 20.2 Å². The van der Waals surface area contributed by atoms with E-state index in [0.717, 1.165) is 0 Å². The summed E-state index contributed by atoms with van der Waals surface area (Å²) in [5, 5.41) is 22.1. The van der Waals surface area contributed by atoms with Crippen molar-refractivity contribution in [3.63, 3.8) is 0 Å². The van der Waals surface area contributed by atoms with Gasteiger partial charge < -0.3 is 0 Å². The van der Waals surface area contributed by atoms with Crippen molar-refractivity contribution in [3.8, 4) is 0 Å². The molecular weight excluding hydrogens is 260 g/mol. The maximum Gasteiger partial charge on any atom is 0.324 e. The summed E-state index contributed by atoms with van der Waals surface area (Å²) in [5.74, 6) is 0. The maximum atomic E-state index is 11.2. The Morgan fingerprint density at radius 3 is 2.10 bits per heavy atom. The van der Waals surface area contributed by atoms with Crippen molar-refractivity contribution in [1.29, 1.82) is 0 Å². The lowest BCUT2D eigenvalue weighted by molar-refractivity contribution is -0.459. The lowest BCUT2D eigenvalue weighted by Crippen LogP contribution is -2.15. The third kappa shape index (κ3) is 2.97. The molecule has 101 valence electrons. The summed E-state index contributed by atoms with van der Waals surface area (Å²) in [6.07, 6.45) is -0.0891. The Morgan fingerprint density at radius 2 is 1.50 bits per heavy atom. The smallest absolute Gasteiger partial charge is 0.263 e. The van der Waals surface area contributed by atoms with Crippen molar-refractivity contribution < 1.29 is 9.85 Å². The summed E-state index contributed by atoms with van der Waals surface area (Å²) in [5.41, 5.74) is 0.673. The number of hydrogen-bond acceptors (Lipinski definition) is 4. The molecule has 0 unspecified atom stereocenters. The summed E-state index contributed by atoms with van der Waals surface area (Å²) in [4.78, 5) is 21.1. The molecule has 0 heterocycles. The van der Waals surface area contributed by atoms with E-state index < -0.39 is 9.85 Å². The molecule has 0 aliphatic carbocycles. The maximum absolute atomic E-state index is 11.2. The Labute approximate surface area is 115 Å². The minimum absolute atomic E-state index is 0.0556. The minimum Gasteiger partial charge on any atom is -0.263 e. The van der Waals surface area contributed by atoms with Crippen LogP contribution in [0.4, 0.5) is 5.69 Å². The van der Waals surface area contributed by atoms with Crippen molar-refractivity contribution in [3.05, 3.63) is 92.0 Å². The molecule has 0 fully saturated rings. The van der Waals surface area contributed by atoms with E-state index in [-0.39, 0.29) is 18.2 Å². The molecule has 2 rings (SSSR count). The molecule has 2 aromatic rings. The van der Waals surface area contributed by atoms with Crippen molar-refractivity contribution >= 4 is 5.69 Å². The zero-order valence-corrected chi connectivity index (χ0v) is 10.4. The van der Waals surface area contributed by atoms with Gasteiger partial charge in [-0.15, -0.1) is 0 Å². The lowest BCUT2D eigenvalue weighted by Gasteiger charge is -2.08. The van der Waals surface area contributed by atoms with Gasteiger partial charge in [-0.1, -0.05) is 48.5 Å². The van der Waals surface area contributed by atoms with Gasteiger partial charge in [-0.05, 0) is 0 Å². The quantitative estimate of drug-likeness (QED) is 0.617. The van der Waals surface area contributed by atoms with E-state index >= 15 is 0 Å². The van der Waals surface area contributed by atoms with Crippen LogP contribution in [0.15, 0.2) is 54.6 Å². The van der Waals surface area contributed by atoms with Gasteiger partial charge in [-0.2, -0.15) is 0 Å². The number of nitro groups is 2. The fourth-order valence-electron chi connectivity index (χ4n) is 1.92. The van der Waals surface area contributed by atoms with Crippen molar-refractivity contribution in [2.75, 3.05) is 0 Å². The molecule has 0 saturated heterocycles. The standard InChI is InChI=1S/C14H11N2O4/c17-15(18)13-9-5-4-8-12(13)10-14(16(19)20)11-6-2-1-3-7-11/h1-9H,10H2. The topological polar surface area (TPSA) is 86.3 Å². The van der Waals surface area contributed by atoms with Gasteiger partial charge in [0, 0.05) is 22.1 Å². The molecular formula is C14H11N2O4. The number of nitro benzene ring substituents is 1. The first-order valence-corrected chi connectivity index (χ1v) is 5.87. The summed E-state index contributed by atoms with van der Waals surface area (Å²) in [6.45, 7) is 0. The van der Waals surface area contributed by atoms with Crippen molar-refractivity contribution in [2.45, 2.75) is 6.42 Å². The Hall–Kier alpha value is -2.76. The average molecular weight is 271 g/mol. The number of nitrogens with zero attached hydrogens (tertiary/aromatic N) is 2. The van der Waals surface area contributed by atoms with Crippen LogP contribution in [0.1, 0.15) is 11.1 Å². The molecule has 20 heavy (non-hydrogen) atoms. The molecule has 0 saturated carbocycles. The van der Waals surface area contributed by atoms with E-state index in [0.29, 0.717) is 11.1 Å². The fraction of sp³-hybridized carbons (Fsp3) is 0.0714. The van der Waals surface area contributed by atoms with Crippen molar-refractivity contribution in [2.24, 2.45) is 0 Å². The highest BCUT2D eigenvalue weighted by Crippen LogP contribution is 2.26. The van der Waals surface area contributed by atoms with E-state index in [1.54, 1.807) is 36.4 Å². The first-order valence-electron chi connectivity index (χ1n) is 5.87. The highest BCUT2D eigenvalue weighted by molar-refractivity contribution is 5.43. The normalized spacial score (nSPS) is 10.4. The highest BCUT2D eigenvalue weighted by atomic mass is 16.6. The number of benzene rings is 2. The Bertz CT molecular complexity index is 628. The SMILES string of the molecule is O=[N+]([O-])[C](Cc1ccccc1[N+](=O)[O-])c1ccccc1. The molecule has 0 aliphatic rings. The van der Waals surface area contributed by atoms with Crippen LogP contribution in [0.3, 0.4) is 0 Å². The molecule has 0 aromatic heterocycles. The van der Waals surface area contributed by atoms with Gasteiger partial charge in [0.15, 0.2) is 0 Å². The first kappa shape index (κ1) is 13.7. The molecule has 0 bridgehead atoms. The molecule has 0 atom stereocenters. The molecule has 0 spiro atoms. The van der Waals surface area contributed by atoms with Gasteiger partial charge in [0.05, 0.1) is 11.3 Å². The van der Waals surface area contributed by atoms with Gasteiger partial charge in [0.25, 0.3) is 5.69 Å². The van der Waals surface area contributed by atoms with E-state index in [4.69, 9.17) is 0 Å². The molecule has 0 N–H and O–H groups in total. The summed E-state index contributed by atoms with van der Waals surface area (Å²) in [7, 11) is 0. The molecule has 2 aromatic carbocycles. The largest absolute Gasteiger partial charge is 0.324 e. The summed E-state index contributed by atoms with van der Waals surface area (Å²) >= 11 is 0. The van der Waals surface area contributed by atoms with Crippen molar-refractivity contribution in [1.82, 2.24) is 0 Å². The predicted octanol–water partition coefficient (Wildman–Crippen LogP) is 2.99. The molecule has 1 radical (unpaired) electrons. The van der Waals surface area contributed by atoms with Crippen LogP contribution >= 0.6 is 0 Å². The minimum atomic E-state index is -0.530. The van der Waals surface area contributed by atoms with Crippen LogP contribution in [0.2, 0.25) is 0 Å². The van der Waals surface area contributed by atoms with Crippen LogP contribution < -0.4 is 0 Å². The molecule has 0 amide bonds. The number of hydrogen-bond donors (Lipinski definition) is 0. The van der Waals surface area contributed by atoms with Gasteiger partial charge in [0.2, 0.25) is 0 Å². The van der Waals surface area contributed by atoms with Crippen LogP contribution in [0.25, 0.3) is 0 Å². The first-order chi connectivity index (χ1) is 9.59. The monoisotopic (exact) mass is 271 g/mol. The van der Waals surface area contributed by atoms with Gasteiger partial charge in [-0.25, -0.2) is 0 Å². The van der Waals surface area contributed by atoms with Crippen LogP contribution in [0, 0.1) is 26.3 Å². The second kappa shape index (κ2) is 5.92. The third-order valence-corrected chi connectivity index (χ3v) is 2.87. The molecule has 0 aliphatic heterocycles. The van der Waals surface area contributed by atoms with Crippen LogP contribution in [-0.4, -0.2) is 9.85 Å². The van der Waals surface area contributed by atoms with E-state index in [1.165, 1.54) is 18.2 Å². The fourth-order valence-corrected chi connectivity index (χ4v) is 1.92. The zero-order chi connectivity index (χ0) is 14.5. The Balaban J connectivity index is 2.35. The van der Waals surface area contributed by atoms with Crippen LogP contribution in [-0.2, 0) is 6.42 Å². The van der Waals surface area contributed by atoms with E-state index in [2.05, 4.69) is 0 Å².